The number of aromatic nitrogens is 3. The van der Waals surface area contributed by atoms with Crippen LogP contribution in [-0.4, -0.2) is 32.8 Å². The smallest absolute Gasteiger partial charge is 0.237 e. The molecule has 0 aliphatic carbocycles. The molecule has 2 aromatic heterocycles. The summed E-state index contributed by atoms with van der Waals surface area (Å²) in [5, 5.41) is 5.51. The lowest BCUT2D eigenvalue weighted by atomic mass is 10.1. The summed E-state index contributed by atoms with van der Waals surface area (Å²) in [5.41, 5.74) is 6.80. The third-order valence-corrected chi connectivity index (χ3v) is 8.95. The molecule has 3 heterocycles. The summed E-state index contributed by atoms with van der Waals surface area (Å²) >= 11 is 0. The number of hydrogen-bond acceptors (Lipinski definition) is 5. The van der Waals surface area contributed by atoms with Gasteiger partial charge in [-0.25, -0.2) is 15.0 Å². The van der Waals surface area contributed by atoms with Crippen LogP contribution in [0.15, 0.2) is 157 Å². The van der Waals surface area contributed by atoms with Crippen molar-refractivity contribution < 1.29 is 0 Å². The van der Waals surface area contributed by atoms with Crippen molar-refractivity contribution in [1.29, 1.82) is 0 Å². The fourth-order valence-corrected chi connectivity index (χ4v) is 6.80. The standard InChI is InChI=1S/C41H30N6/c1-45-27-34-32-22-11-13-25-37(32)47(40-42-35-24-12-10-23-33(35)38(43-40)29-16-4-2-5-17-29)39(34)44-41(45)46(30-19-6-3-7-20-30)36-26-14-18-28-15-8-9-21-31(28)36/h2-27,41H,1H3. The van der Waals surface area contributed by atoms with Crippen LogP contribution in [0.2, 0.25) is 0 Å². The number of nitrogens with zero attached hydrogens (tertiary/aromatic N) is 6. The van der Waals surface area contributed by atoms with Crippen molar-refractivity contribution in [3.8, 4) is 17.2 Å². The minimum Gasteiger partial charge on any atom is -0.341 e. The van der Waals surface area contributed by atoms with Crippen LogP contribution in [0.4, 0.5) is 11.4 Å². The van der Waals surface area contributed by atoms with E-state index in [1.54, 1.807) is 0 Å². The lowest BCUT2D eigenvalue weighted by molar-refractivity contribution is 0.358. The van der Waals surface area contributed by atoms with Crippen LogP contribution in [0.3, 0.4) is 0 Å². The Hall–Kier alpha value is -6.27. The maximum Gasteiger partial charge on any atom is 0.237 e. The van der Waals surface area contributed by atoms with Crippen molar-refractivity contribution in [3.63, 3.8) is 0 Å². The molecule has 0 saturated heterocycles. The first-order valence-electron chi connectivity index (χ1n) is 15.8. The maximum absolute atomic E-state index is 5.59. The minimum absolute atomic E-state index is 0.382. The molecule has 47 heavy (non-hydrogen) atoms. The quantitative estimate of drug-likeness (QED) is 0.201. The Morgan fingerprint density at radius 3 is 2.09 bits per heavy atom. The Morgan fingerprint density at radius 1 is 0.596 bits per heavy atom. The molecule has 0 bridgehead atoms. The molecule has 0 fully saturated rings. The van der Waals surface area contributed by atoms with Crippen LogP contribution in [-0.2, 0) is 0 Å². The highest BCUT2D eigenvalue weighted by Gasteiger charge is 2.28. The van der Waals surface area contributed by atoms with Crippen molar-refractivity contribution in [2.24, 2.45) is 4.99 Å². The summed E-state index contributed by atoms with van der Waals surface area (Å²) in [6.45, 7) is 0. The molecular weight excluding hydrogens is 576 g/mol. The largest absolute Gasteiger partial charge is 0.341 e. The third kappa shape index (κ3) is 4.45. The van der Waals surface area contributed by atoms with Gasteiger partial charge in [-0.15, -0.1) is 0 Å². The highest BCUT2D eigenvalue weighted by Crippen LogP contribution is 2.36. The van der Waals surface area contributed by atoms with Crippen LogP contribution in [0.1, 0.15) is 0 Å². The lowest BCUT2D eigenvalue weighted by Crippen LogP contribution is -2.49. The number of benzene rings is 6. The number of anilines is 2. The second-order valence-corrected chi connectivity index (χ2v) is 11.8. The van der Waals surface area contributed by atoms with Crippen molar-refractivity contribution in [1.82, 2.24) is 19.4 Å². The van der Waals surface area contributed by atoms with Crippen molar-refractivity contribution in [2.75, 3.05) is 11.9 Å². The van der Waals surface area contributed by atoms with Gasteiger partial charge in [-0.3, -0.25) is 4.57 Å². The van der Waals surface area contributed by atoms with Crippen LogP contribution < -0.4 is 15.6 Å². The Bertz CT molecular complexity index is 2550. The molecule has 0 radical (unpaired) electrons. The fraction of sp³-hybridized carbons (Fsp3) is 0.0488. The minimum atomic E-state index is -0.382. The number of para-hydroxylation sites is 3. The monoisotopic (exact) mass is 606 g/mol. The van der Waals surface area contributed by atoms with Gasteiger partial charge in [-0.2, -0.15) is 0 Å². The van der Waals surface area contributed by atoms with Crippen molar-refractivity contribution in [2.45, 2.75) is 6.29 Å². The van der Waals surface area contributed by atoms with E-state index in [0.29, 0.717) is 5.95 Å². The van der Waals surface area contributed by atoms with Crippen LogP contribution in [0.5, 0.6) is 0 Å². The van der Waals surface area contributed by atoms with Gasteiger partial charge in [0.2, 0.25) is 12.2 Å². The third-order valence-electron chi connectivity index (χ3n) is 8.95. The van der Waals surface area contributed by atoms with E-state index in [2.05, 4.69) is 161 Å². The zero-order valence-electron chi connectivity index (χ0n) is 25.8. The zero-order valence-corrected chi connectivity index (χ0v) is 25.8. The molecule has 8 aromatic rings. The fourth-order valence-electron chi connectivity index (χ4n) is 6.80. The van der Waals surface area contributed by atoms with E-state index >= 15 is 0 Å². The second-order valence-electron chi connectivity index (χ2n) is 11.8. The van der Waals surface area contributed by atoms with Gasteiger partial charge in [0, 0.05) is 45.9 Å². The van der Waals surface area contributed by atoms with E-state index in [1.807, 2.05) is 18.2 Å². The summed E-state index contributed by atoms with van der Waals surface area (Å²) in [7, 11) is 2.10. The van der Waals surface area contributed by atoms with Gasteiger partial charge in [0.05, 0.1) is 22.4 Å². The molecular formula is C41H30N6. The molecule has 9 rings (SSSR count). The van der Waals surface area contributed by atoms with E-state index in [4.69, 9.17) is 15.0 Å². The van der Waals surface area contributed by atoms with Gasteiger partial charge in [0.25, 0.3) is 0 Å². The van der Waals surface area contributed by atoms with Gasteiger partial charge >= 0.3 is 0 Å². The van der Waals surface area contributed by atoms with Crippen molar-refractivity contribution in [3.05, 3.63) is 162 Å². The number of fused-ring (bicyclic) bond motifs is 5. The molecule has 6 nitrogen and oxygen atoms in total. The number of hydrogen-bond donors (Lipinski definition) is 0. The second kappa shape index (κ2) is 11.0. The van der Waals surface area contributed by atoms with Crippen molar-refractivity contribution >= 4 is 50.2 Å². The van der Waals surface area contributed by atoms with Gasteiger partial charge in [0.1, 0.15) is 5.49 Å². The van der Waals surface area contributed by atoms with E-state index in [0.717, 1.165) is 55.1 Å². The van der Waals surface area contributed by atoms with Gasteiger partial charge in [-0.1, -0.05) is 121 Å². The average Bonchev–Trinajstić information content (AvgIpc) is 3.45. The first-order valence-corrected chi connectivity index (χ1v) is 15.8. The summed E-state index contributed by atoms with van der Waals surface area (Å²) in [6.07, 6.45) is 1.83. The molecule has 1 aliphatic rings. The van der Waals surface area contributed by atoms with E-state index < -0.39 is 0 Å². The van der Waals surface area contributed by atoms with Gasteiger partial charge in [0.15, 0.2) is 0 Å². The summed E-state index contributed by atoms with van der Waals surface area (Å²) in [6, 6.07) is 52.5. The predicted molar refractivity (Wildman–Crippen MR) is 191 cm³/mol. The van der Waals surface area contributed by atoms with Crippen LogP contribution in [0, 0.1) is 0 Å². The molecule has 0 amide bonds. The summed E-state index contributed by atoms with van der Waals surface area (Å²) in [4.78, 5) is 20.5. The first-order chi connectivity index (χ1) is 23.2. The Morgan fingerprint density at radius 2 is 1.26 bits per heavy atom. The van der Waals surface area contributed by atoms with Gasteiger partial charge in [-0.05, 0) is 35.7 Å². The maximum atomic E-state index is 5.59. The molecule has 1 atom stereocenters. The van der Waals surface area contributed by atoms with Crippen LogP contribution >= 0.6 is 0 Å². The SMILES string of the molecule is CN1C=c2c(n(-c3nc(-c4ccccc4)c4ccccc4n3)c3ccccc23)=NC1N(c1ccccc1)c1cccc2ccccc12. The predicted octanol–water partition coefficient (Wildman–Crippen LogP) is 7.82. The van der Waals surface area contributed by atoms with E-state index in [1.165, 1.54) is 10.8 Å². The Balaban J connectivity index is 1.34. The molecule has 1 aliphatic heterocycles. The molecule has 224 valence electrons. The molecule has 0 spiro atoms. The highest BCUT2D eigenvalue weighted by atomic mass is 15.4. The van der Waals surface area contributed by atoms with Gasteiger partial charge < -0.3 is 9.80 Å². The highest BCUT2D eigenvalue weighted by molar-refractivity contribution is 5.96. The molecule has 0 saturated carbocycles. The van der Waals surface area contributed by atoms with E-state index in [-0.39, 0.29) is 6.29 Å². The molecule has 1 unspecified atom stereocenters. The first kappa shape index (κ1) is 27.1. The Labute approximate surface area is 271 Å². The molecule has 6 heteroatoms. The van der Waals surface area contributed by atoms with E-state index in [9.17, 15) is 0 Å². The molecule has 0 N–H and O–H groups in total. The number of rotatable bonds is 5. The summed E-state index contributed by atoms with van der Waals surface area (Å²) in [5.74, 6) is 0.594. The normalized spacial score (nSPS) is 14.1. The topological polar surface area (TPSA) is 49.6 Å². The zero-order chi connectivity index (χ0) is 31.3. The molecule has 6 aromatic carbocycles. The Kier molecular flexibility index (Phi) is 6.32. The lowest BCUT2D eigenvalue weighted by Gasteiger charge is -2.37. The average molecular weight is 607 g/mol. The summed E-state index contributed by atoms with van der Waals surface area (Å²) < 4.78 is 2.13. The van der Waals surface area contributed by atoms with Crippen LogP contribution in [0.25, 0.3) is 56.0 Å².